The molecule has 7 nitrogen and oxygen atoms in total. The van der Waals surface area contributed by atoms with Gasteiger partial charge in [0.15, 0.2) is 0 Å². The van der Waals surface area contributed by atoms with Gasteiger partial charge in [0.05, 0.1) is 12.1 Å². The zero-order valence-corrected chi connectivity index (χ0v) is 20.4. The molecule has 2 fully saturated rings. The van der Waals surface area contributed by atoms with E-state index in [0.29, 0.717) is 24.5 Å². The molecule has 0 unspecified atom stereocenters. The maximum Gasteiger partial charge on any atom is 0.238 e. The first kappa shape index (κ1) is 24.0. The average Bonchev–Trinajstić information content (AvgIpc) is 3.18. The summed E-state index contributed by atoms with van der Waals surface area (Å²) in [7, 11) is 0. The number of fused-ring (bicyclic) bond motifs is 1. The SMILES string of the molecule is CC(=O)N[C@@]12CNCC[C@@H]1[C@@H](c1ccccc1)N(CC(=O)Nc1ccc(Oc3ccccc3)cc1)C2. The van der Waals surface area contributed by atoms with E-state index >= 15 is 0 Å². The van der Waals surface area contributed by atoms with E-state index < -0.39 is 5.54 Å². The number of nitrogens with one attached hydrogen (secondary N) is 3. The summed E-state index contributed by atoms with van der Waals surface area (Å²) in [6.07, 6.45) is 0.931. The number of nitrogens with zero attached hydrogens (tertiary/aromatic N) is 1. The van der Waals surface area contributed by atoms with Gasteiger partial charge in [0.1, 0.15) is 11.5 Å². The van der Waals surface area contributed by atoms with Crippen molar-refractivity contribution in [3.63, 3.8) is 0 Å². The number of hydrogen-bond acceptors (Lipinski definition) is 5. The predicted octanol–water partition coefficient (Wildman–Crippen LogP) is 3.96. The minimum atomic E-state index is -0.401. The van der Waals surface area contributed by atoms with Crippen molar-refractivity contribution in [1.29, 1.82) is 0 Å². The average molecular weight is 485 g/mol. The molecule has 0 bridgehead atoms. The molecule has 0 radical (unpaired) electrons. The standard InChI is InChI=1S/C29H32N4O3/c1-21(34)32-29-19-30-17-16-26(29)28(22-8-4-2-5-9-22)33(20-29)18-27(35)31-23-12-14-25(15-13-23)36-24-10-6-3-7-11-24/h2-15,26,28,30H,16-20H2,1H3,(H,31,35)(H,32,34)/t26-,28-,29-/m1/s1. The number of rotatable bonds is 7. The van der Waals surface area contributed by atoms with Gasteiger partial charge < -0.3 is 20.7 Å². The highest BCUT2D eigenvalue weighted by atomic mass is 16.5. The Labute approximate surface area is 211 Å². The largest absolute Gasteiger partial charge is 0.457 e. The second-order valence-electron chi connectivity index (χ2n) is 9.66. The quantitative estimate of drug-likeness (QED) is 0.473. The Balaban J connectivity index is 1.30. The maximum absolute atomic E-state index is 13.2. The van der Waals surface area contributed by atoms with E-state index in [1.54, 1.807) is 6.92 Å². The van der Waals surface area contributed by atoms with Crippen molar-refractivity contribution in [2.24, 2.45) is 5.92 Å². The number of para-hydroxylation sites is 1. The topological polar surface area (TPSA) is 82.7 Å². The van der Waals surface area contributed by atoms with Crippen LogP contribution in [0.2, 0.25) is 0 Å². The van der Waals surface area contributed by atoms with Crippen LogP contribution in [0, 0.1) is 5.92 Å². The first-order chi connectivity index (χ1) is 17.5. The van der Waals surface area contributed by atoms with Crippen LogP contribution in [-0.4, -0.2) is 48.4 Å². The summed E-state index contributed by atoms with van der Waals surface area (Å²) >= 11 is 0. The molecule has 2 aliphatic rings. The third kappa shape index (κ3) is 5.27. The minimum Gasteiger partial charge on any atom is -0.457 e. The van der Waals surface area contributed by atoms with Crippen LogP contribution in [0.1, 0.15) is 24.9 Å². The van der Waals surface area contributed by atoms with Crippen LogP contribution in [-0.2, 0) is 9.59 Å². The van der Waals surface area contributed by atoms with E-state index in [1.165, 1.54) is 5.56 Å². The summed E-state index contributed by atoms with van der Waals surface area (Å²) in [4.78, 5) is 27.5. The van der Waals surface area contributed by atoms with Crippen molar-refractivity contribution in [1.82, 2.24) is 15.5 Å². The lowest BCUT2D eigenvalue weighted by Gasteiger charge is -2.41. The van der Waals surface area contributed by atoms with Gasteiger partial charge in [-0.2, -0.15) is 0 Å². The highest BCUT2D eigenvalue weighted by Crippen LogP contribution is 2.46. The highest BCUT2D eigenvalue weighted by Gasteiger charge is 2.54. The predicted molar refractivity (Wildman–Crippen MR) is 140 cm³/mol. The molecule has 36 heavy (non-hydrogen) atoms. The Morgan fingerprint density at radius 2 is 1.64 bits per heavy atom. The normalized spacial score (nSPS) is 23.5. The van der Waals surface area contributed by atoms with Crippen LogP contribution in [0.25, 0.3) is 0 Å². The zero-order chi connectivity index (χ0) is 25.0. The molecule has 0 aliphatic carbocycles. The van der Waals surface area contributed by atoms with Gasteiger partial charge in [-0.25, -0.2) is 0 Å². The molecular weight excluding hydrogens is 452 g/mol. The lowest BCUT2D eigenvalue weighted by atomic mass is 9.76. The summed E-state index contributed by atoms with van der Waals surface area (Å²) in [5.74, 6) is 1.56. The van der Waals surface area contributed by atoms with Crippen LogP contribution in [0.3, 0.4) is 0 Å². The highest BCUT2D eigenvalue weighted by molar-refractivity contribution is 5.92. The Hall–Kier alpha value is -3.68. The van der Waals surface area contributed by atoms with Crippen LogP contribution in [0.15, 0.2) is 84.9 Å². The van der Waals surface area contributed by atoms with Crippen LogP contribution >= 0.6 is 0 Å². The van der Waals surface area contributed by atoms with E-state index in [-0.39, 0.29) is 30.3 Å². The van der Waals surface area contributed by atoms with E-state index in [9.17, 15) is 9.59 Å². The van der Waals surface area contributed by atoms with Crippen molar-refractivity contribution in [3.8, 4) is 11.5 Å². The summed E-state index contributed by atoms with van der Waals surface area (Å²) in [6.45, 7) is 4.01. The number of anilines is 1. The van der Waals surface area contributed by atoms with E-state index in [0.717, 1.165) is 18.7 Å². The molecule has 5 rings (SSSR count). The van der Waals surface area contributed by atoms with Gasteiger partial charge in [-0.3, -0.25) is 14.5 Å². The molecule has 0 saturated carbocycles. The summed E-state index contributed by atoms with van der Waals surface area (Å²) in [6, 6.07) is 27.3. The van der Waals surface area contributed by atoms with Gasteiger partial charge in [0, 0.05) is 37.7 Å². The zero-order valence-electron chi connectivity index (χ0n) is 20.4. The van der Waals surface area contributed by atoms with Crippen molar-refractivity contribution >= 4 is 17.5 Å². The van der Waals surface area contributed by atoms with Crippen molar-refractivity contribution < 1.29 is 14.3 Å². The van der Waals surface area contributed by atoms with Gasteiger partial charge in [-0.05, 0) is 54.9 Å². The van der Waals surface area contributed by atoms with Gasteiger partial charge in [0.25, 0.3) is 0 Å². The van der Waals surface area contributed by atoms with Gasteiger partial charge in [-0.15, -0.1) is 0 Å². The molecule has 0 aromatic heterocycles. The smallest absolute Gasteiger partial charge is 0.238 e. The monoisotopic (exact) mass is 484 g/mol. The van der Waals surface area contributed by atoms with Crippen LogP contribution < -0.4 is 20.7 Å². The molecule has 3 N–H and O–H groups in total. The second-order valence-corrected chi connectivity index (χ2v) is 9.66. The fourth-order valence-corrected chi connectivity index (χ4v) is 5.72. The summed E-state index contributed by atoms with van der Waals surface area (Å²) < 4.78 is 5.84. The molecule has 186 valence electrons. The summed E-state index contributed by atoms with van der Waals surface area (Å²) in [5, 5.41) is 9.73. The molecule has 7 heteroatoms. The fourth-order valence-electron chi connectivity index (χ4n) is 5.72. The maximum atomic E-state index is 13.2. The number of carbonyl (C=O) groups is 2. The van der Waals surface area contributed by atoms with E-state index in [4.69, 9.17) is 4.74 Å². The Morgan fingerprint density at radius 1 is 0.972 bits per heavy atom. The molecule has 3 atom stereocenters. The second kappa shape index (κ2) is 10.5. The van der Waals surface area contributed by atoms with Crippen LogP contribution in [0.5, 0.6) is 11.5 Å². The van der Waals surface area contributed by atoms with E-state index in [1.807, 2.05) is 72.8 Å². The molecule has 2 amide bonds. The third-order valence-corrected chi connectivity index (χ3v) is 7.07. The molecule has 2 heterocycles. The van der Waals surface area contributed by atoms with Gasteiger partial charge in [-0.1, -0.05) is 48.5 Å². The van der Waals surface area contributed by atoms with Crippen LogP contribution in [0.4, 0.5) is 5.69 Å². The van der Waals surface area contributed by atoms with Crippen molar-refractivity contribution in [2.75, 3.05) is 31.5 Å². The number of carbonyl (C=O) groups excluding carboxylic acids is 2. The van der Waals surface area contributed by atoms with Crippen molar-refractivity contribution in [2.45, 2.75) is 24.9 Å². The first-order valence-electron chi connectivity index (χ1n) is 12.4. The lowest BCUT2D eigenvalue weighted by Crippen LogP contribution is -2.62. The number of ether oxygens (including phenoxy) is 1. The number of hydrogen-bond donors (Lipinski definition) is 3. The molecule has 0 spiro atoms. The number of amides is 2. The van der Waals surface area contributed by atoms with Gasteiger partial charge >= 0.3 is 0 Å². The Bertz CT molecular complexity index is 1190. The molecular formula is C29H32N4O3. The Kier molecular flexibility index (Phi) is 7.02. The number of piperidine rings is 1. The molecule has 3 aromatic rings. The van der Waals surface area contributed by atoms with Gasteiger partial charge in [0.2, 0.25) is 11.8 Å². The first-order valence-corrected chi connectivity index (χ1v) is 12.4. The third-order valence-electron chi connectivity index (χ3n) is 7.07. The summed E-state index contributed by atoms with van der Waals surface area (Å²) in [5.41, 5.74) is 1.49. The Morgan fingerprint density at radius 3 is 2.33 bits per heavy atom. The number of likely N-dealkylation sites (tertiary alicyclic amines) is 1. The molecule has 2 saturated heterocycles. The van der Waals surface area contributed by atoms with Crippen molar-refractivity contribution in [3.05, 3.63) is 90.5 Å². The molecule has 2 aliphatic heterocycles. The minimum absolute atomic E-state index is 0.0420. The lowest BCUT2D eigenvalue weighted by molar-refractivity contribution is -0.121. The number of benzene rings is 3. The molecule has 3 aromatic carbocycles. The fraction of sp³-hybridized carbons (Fsp3) is 0.310. The van der Waals surface area contributed by atoms with E-state index in [2.05, 4.69) is 33.0 Å².